The Morgan fingerprint density at radius 3 is 2.91 bits per heavy atom. The average Bonchev–Trinajstić information content (AvgIpc) is 3.09. The molecule has 1 saturated heterocycles. The maximum absolute atomic E-state index is 10.2. The number of nitrogen functional groups attached to an aromatic ring is 1. The van der Waals surface area contributed by atoms with Gasteiger partial charge in [0, 0.05) is 0 Å². The molecule has 2 aromatic heterocycles. The molecule has 0 unspecified atom stereocenters. The number of ether oxygens (including phenoxy) is 2. The summed E-state index contributed by atoms with van der Waals surface area (Å²) in [5.41, 5.74) is 6.42. The molecule has 1 aliphatic heterocycles. The largest absolute Gasteiger partial charge is 0.506 e. The second-order valence-electron chi connectivity index (χ2n) is 5.01. The summed E-state index contributed by atoms with van der Waals surface area (Å²) in [6.07, 6.45) is -1.04. The van der Waals surface area contributed by atoms with E-state index in [0.29, 0.717) is 17.8 Å². The Bertz CT molecular complexity index is 733. The molecule has 10 heteroatoms. The van der Waals surface area contributed by atoms with Gasteiger partial charge >= 0.3 is 0 Å². The summed E-state index contributed by atoms with van der Waals surface area (Å²) in [5.74, 6) is -0.128. The number of hydrogen-bond donors (Lipinski definition) is 4. The van der Waals surface area contributed by atoms with E-state index >= 15 is 0 Å². The number of rotatable bonds is 4. The SMILES string of the molecule is CCOC=C(O)[C@H]1O[C@@H](n2cnc3c(N)ncnc32)[C@H](O)[C@@H]1O. The van der Waals surface area contributed by atoms with E-state index in [2.05, 4.69) is 15.0 Å². The molecular weight excluding hydrogens is 306 g/mol. The molecule has 0 amide bonds. The zero-order valence-electron chi connectivity index (χ0n) is 12.3. The second-order valence-corrected chi connectivity index (χ2v) is 5.01. The first-order chi connectivity index (χ1) is 11.0. The lowest BCUT2D eigenvalue weighted by Crippen LogP contribution is -2.32. The van der Waals surface area contributed by atoms with Crippen molar-refractivity contribution in [3.8, 4) is 0 Å². The van der Waals surface area contributed by atoms with Crippen LogP contribution in [-0.2, 0) is 9.47 Å². The molecule has 23 heavy (non-hydrogen) atoms. The lowest BCUT2D eigenvalue weighted by molar-refractivity contribution is -0.0354. The highest BCUT2D eigenvalue weighted by molar-refractivity contribution is 5.81. The smallest absolute Gasteiger partial charge is 0.167 e. The quantitative estimate of drug-likeness (QED) is 0.544. The number of nitrogens with zero attached hydrogens (tertiary/aromatic N) is 4. The Labute approximate surface area is 130 Å². The van der Waals surface area contributed by atoms with Gasteiger partial charge in [0.1, 0.15) is 36.4 Å². The van der Waals surface area contributed by atoms with Crippen LogP contribution in [0.4, 0.5) is 5.82 Å². The van der Waals surface area contributed by atoms with Crippen LogP contribution in [-0.4, -0.2) is 59.8 Å². The molecule has 10 nitrogen and oxygen atoms in total. The molecular formula is C13H17N5O5. The van der Waals surface area contributed by atoms with Crippen molar-refractivity contribution in [1.82, 2.24) is 19.5 Å². The van der Waals surface area contributed by atoms with Gasteiger partial charge in [0.25, 0.3) is 0 Å². The fourth-order valence-electron chi connectivity index (χ4n) is 2.43. The molecule has 0 bridgehead atoms. The minimum absolute atomic E-state index is 0.192. The standard InChI is InChI=1S/C13H17N5O5/c1-2-22-3-6(19)10-8(20)9(21)13(23-10)18-5-17-7-11(14)15-4-16-12(7)18/h3-5,8-10,13,19-21H,2H2,1H3,(H2,14,15,16)/t8-,9+,10+,13+/m0/s1. The zero-order chi connectivity index (χ0) is 16.6. The summed E-state index contributed by atoms with van der Waals surface area (Å²) in [6, 6.07) is 0. The molecule has 3 rings (SSSR count). The van der Waals surface area contributed by atoms with E-state index in [1.54, 1.807) is 6.92 Å². The van der Waals surface area contributed by atoms with Crippen molar-refractivity contribution < 1.29 is 24.8 Å². The zero-order valence-corrected chi connectivity index (χ0v) is 12.3. The third-order valence-corrected chi connectivity index (χ3v) is 3.56. The third kappa shape index (κ3) is 2.56. The molecule has 4 atom stereocenters. The molecule has 0 saturated carbocycles. The van der Waals surface area contributed by atoms with E-state index in [4.69, 9.17) is 15.2 Å². The number of aliphatic hydroxyl groups is 3. The summed E-state index contributed by atoms with van der Waals surface area (Å²) < 4.78 is 11.9. The molecule has 0 aliphatic carbocycles. The minimum atomic E-state index is -1.34. The highest BCUT2D eigenvalue weighted by Gasteiger charge is 2.46. The Hall–Kier alpha value is -2.43. The Morgan fingerprint density at radius 2 is 2.17 bits per heavy atom. The lowest BCUT2D eigenvalue weighted by Gasteiger charge is -2.16. The summed E-state index contributed by atoms with van der Waals surface area (Å²) in [4.78, 5) is 12.0. The van der Waals surface area contributed by atoms with E-state index in [-0.39, 0.29) is 11.6 Å². The molecule has 1 aliphatic rings. The Balaban J connectivity index is 1.92. The van der Waals surface area contributed by atoms with E-state index in [0.717, 1.165) is 6.26 Å². The van der Waals surface area contributed by atoms with Crippen molar-refractivity contribution in [2.24, 2.45) is 0 Å². The van der Waals surface area contributed by atoms with Crippen molar-refractivity contribution in [3.05, 3.63) is 24.7 Å². The van der Waals surface area contributed by atoms with Crippen molar-refractivity contribution in [2.45, 2.75) is 31.5 Å². The number of imidazole rings is 1. The first-order valence-electron chi connectivity index (χ1n) is 6.99. The highest BCUT2D eigenvalue weighted by Crippen LogP contribution is 2.34. The van der Waals surface area contributed by atoms with Gasteiger partial charge in [-0.25, -0.2) is 15.0 Å². The summed E-state index contributed by atoms with van der Waals surface area (Å²) in [6.45, 7) is 2.09. The number of hydrogen-bond acceptors (Lipinski definition) is 9. The fourth-order valence-corrected chi connectivity index (χ4v) is 2.43. The topological polar surface area (TPSA) is 149 Å². The van der Waals surface area contributed by atoms with Crippen LogP contribution < -0.4 is 5.73 Å². The summed E-state index contributed by atoms with van der Waals surface area (Å²) >= 11 is 0. The molecule has 3 heterocycles. The first-order valence-corrected chi connectivity index (χ1v) is 6.99. The molecule has 124 valence electrons. The van der Waals surface area contributed by atoms with E-state index in [1.807, 2.05) is 0 Å². The van der Waals surface area contributed by atoms with Gasteiger partial charge in [-0.15, -0.1) is 0 Å². The first kappa shape index (κ1) is 15.5. The van der Waals surface area contributed by atoms with Gasteiger partial charge in [-0.1, -0.05) is 0 Å². The van der Waals surface area contributed by atoms with Crippen LogP contribution in [0.1, 0.15) is 13.2 Å². The highest BCUT2D eigenvalue weighted by atomic mass is 16.6. The number of aromatic nitrogens is 4. The Kier molecular flexibility index (Phi) is 4.03. The van der Waals surface area contributed by atoms with Crippen LogP contribution in [0, 0.1) is 0 Å². The second kappa shape index (κ2) is 5.99. The van der Waals surface area contributed by atoms with E-state index in [9.17, 15) is 15.3 Å². The monoisotopic (exact) mass is 323 g/mol. The van der Waals surface area contributed by atoms with Crippen molar-refractivity contribution >= 4 is 17.0 Å². The summed E-state index contributed by atoms with van der Waals surface area (Å²) in [5, 5.41) is 30.2. The van der Waals surface area contributed by atoms with E-state index < -0.39 is 24.5 Å². The van der Waals surface area contributed by atoms with Gasteiger partial charge in [0.2, 0.25) is 0 Å². The molecule has 0 radical (unpaired) electrons. The molecule has 0 spiro atoms. The van der Waals surface area contributed by atoms with Crippen molar-refractivity contribution in [2.75, 3.05) is 12.3 Å². The number of fused-ring (bicyclic) bond motifs is 1. The Morgan fingerprint density at radius 1 is 1.39 bits per heavy atom. The van der Waals surface area contributed by atoms with Crippen LogP contribution in [0.5, 0.6) is 0 Å². The lowest BCUT2D eigenvalue weighted by atomic mass is 10.1. The third-order valence-electron chi connectivity index (χ3n) is 3.56. The maximum Gasteiger partial charge on any atom is 0.167 e. The normalized spacial score (nSPS) is 28.4. The van der Waals surface area contributed by atoms with Gasteiger partial charge in [0.15, 0.2) is 23.5 Å². The summed E-state index contributed by atoms with van der Waals surface area (Å²) in [7, 11) is 0. The predicted octanol–water partition coefficient (Wildman–Crippen LogP) is -0.536. The van der Waals surface area contributed by atoms with E-state index in [1.165, 1.54) is 17.2 Å². The van der Waals surface area contributed by atoms with Crippen LogP contribution in [0.2, 0.25) is 0 Å². The minimum Gasteiger partial charge on any atom is -0.506 e. The number of anilines is 1. The molecule has 2 aromatic rings. The van der Waals surface area contributed by atoms with Crippen LogP contribution in [0.3, 0.4) is 0 Å². The van der Waals surface area contributed by atoms with Gasteiger partial charge in [-0.3, -0.25) is 4.57 Å². The maximum atomic E-state index is 10.2. The van der Waals surface area contributed by atoms with Crippen LogP contribution in [0.15, 0.2) is 24.7 Å². The number of nitrogens with two attached hydrogens (primary N) is 1. The average molecular weight is 323 g/mol. The van der Waals surface area contributed by atoms with Crippen LogP contribution in [0.25, 0.3) is 11.2 Å². The molecule has 5 N–H and O–H groups in total. The molecule has 1 fully saturated rings. The molecule has 0 aromatic carbocycles. The van der Waals surface area contributed by atoms with Gasteiger partial charge in [-0.05, 0) is 6.92 Å². The number of aliphatic hydroxyl groups excluding tert-OH is 3. The van der Waals surface area contributed by atoms with Crippen LogP contribution >= 0.6 is 0 Å². The van der Waals surface area contributed by atoms with Gasteiger partial charge in [-0.2, -0.15) is 0 Å². The fraction of sp³-hybridized carbons (Fsp3) is 0.462. The van der Waals surface area contributed by atoms with Crippen molar-refractivity contribution in [1.29, 1.82) is 0 Å². The predicted molar refractivity (Wildman–Crippen MR) is 78.0 cm³/mol. The van der Waals surface area contributed by atoms with Gasteiger partial charge in [0.05, 0.1) is 12.9 Å². The van der Waals surface area contributed by atoms with Crippen molar-refractivity contribution in [3.63, 3.8) is 0 Å². The van der Waals surface area contributed by atoms with Gasteiger partial charge < -0.3 is 30.5 Å².